The van der Waals surface area contributed by atoms with Crippen molar-refractivity contribution < 1.29 is 0 Å². The number of nitrogens with two attached hydrogens (primary N) is 1. The van der Waals surface area contributed by atoms with Crippen molar-refractivity contribution in [2.24, 2.45) is 11.7 Å². The summed E-state index contributed by atoms with van der Waals surface area (Å²) < 4.78 is 0. The van der Waals surface area contributed by atoms with E-state index in [1.54, 1.807) is 0 Å². The van der Waals surface area contributed by atoms with E-state index in [4.69, 9.17) is 5.73 Å². The maximum atomic E-state index is 5.37. The molecule has 0 radical (unpaired) electrons. The van der Waals surface area contributed by atoms with Gasteiger partial charge in [0, 0.05) is 52.4 Å². The maximum Gasteiger partial charge on any atom is 0.00772 e. The second-order valence-corrected chi connectivity index (χ2v) is 4.64. The molecule has 0 aliphatic carbocycles. The molecule has 0 aromatic heterocycles. The lowest BCUT2D eigenvalue weighted by atomic mass is 10.2. The van der Waals surface area contributed by atoms with Gasteiger partial charge in [-0.25, -0.2) is 0 Å². The number of rotatable bonds is 13. The van der Waals surface area contributed by atoms with Gasteiger partial charge in [0.25, 0.3) is 0 Å². The Bertz CT molecular complexity index is 141. The van der Waals surface area contributed by atoms with Gasteiger partial charge in [0.15, 0.2) is 0 Å². The average Bonchev–Trinajstić information content (AvgIpc) is 2.30. The lowest BCUT2D eigenvalue weighted by Crippen LogP contribution is -2.36. The van der Waals surface area contributed by atoms with Crippen LogP contribution < -0.4 is 27.0 Å². The third kappa shape index (κ3) is 15.8. The van der Waals surface area contributed by atoms with Crippen LogP contribution in [0, 0.1) is 5.92 Å². The molecule has 104 valence electrons. The van der Waals surface area contributed by atoms with E-state index in [-0.39, 0.29) is 0 Å². The van der Waals surface area contributed by atoms with Crippen LogP contribution in [0.5, 0.6) is 0 Å². The molecule has 0 aliphatic rings. The molecule has 6 N–H and O–H groups in total. The van der Waals surface area contributed by atoms with E-state index < -0.39 is 0 Å². The summed E-state index contributed by atoms with van der Waals surface area (Å²) in [6.07, 6.45) is 0. The molecule has 5 nitrogen and oxygen atoms in total. The largest absolute Gasteiger partial charge is 0.329 e. The lowest BCUT2D eigenvalue weighted by molar-refractivity contribution is 0.528. The molecule has 0 fully saturated rings. The Morgan fingerprint density at radius 1 is 0.706 bits per heavy atom. The van der Waals surface area contributed by atoms with Crippen LogP contribution in [0.25, 0.3) is 0 Å². The summed E-state index contributed by atoms with van der Waals surface area (Å²) in [6, 6.07) is 0. The second kappa shape index (κ2) is 13.9. The van der Waals surface area contributed by atoms with Crippen LogP contribution in [-0.4, -0.2) is 58.9 Å². The van der Waals surface area contributed by atoms with Gasteiger partial charge in [-0.1, -0.05) is 13.8 Å². The highest BCUT2D eigenvalue weighted by atomic mass is 15.0. The van der Waals surface area contributed by atoms with Gasteiger partial charge in [0.05, 0.1) is 0 Å². The highest BCUT2D eigenvalue weighted by Gasteiger charge is 1.92. The zero-order chi connectivity index (χ0) is 12.8. The van der Waals surface area contributed by atoms with E-state index in [0.717, 1.165) is 58.3 Å². The van der Waals surface area contributed by atoms with Gasteiger partial charge in [0.2, 0.25) is 0 Å². The summed E-state index contributed by atoms with van der Waals surface area (Å²) in [4.78, 5) is 0. The molecule has 0 atom stereocenters. The Morgan fingerprint density at radius 2 is 1.12 bits per heavy atom. The zero-order valence-corrected chi connectivity index (χ0v) is 11.5. The van der Waals surface area contributed by atoms with Crippen molar-refractivity contribution >= 4 is 0 Å². The van der Waals surface area contributed by atoms with E-state index in [9.17, 15) is 0 Å². The molecule has 0 saturated carbocycles. The quantitative estimate of drug-likeness (QED) is 0.268. The Balaban J connectivity index is 2.89. The van der Waals surface area contributed by atoms with E-state index >= 15 is 0 Å². The predicted molar refractivity (Wildman–Crippen MR) is 75.4 cm³/mol. The molecule has 5 heteroatoms. The Hall–Kier alpha value is -0.200. The smallest absolute Gasteiger partial charge is 0.00772 e. The van der Waals surface area contributed by atoms with E-state index in [2.05, 4.69) is 35.1 Å². The first kappa shape index (κ1) is 16.8. The summed E-state index contributed by atoms with van der Waals surface area (Å²) in [5, 5.41) is 13.4. The molecular formula is C12H31N5. The van der Waals surface area contributed by atoms with Gasteiger partial charge in [-0.3, -0.25) is 0 Å². The van der Waals surface area contributed by atoms with E-state index in [0.29, 0.717) is 6.54 Å². The number of hydrogen-bond donors (Lipinski definition) is 5. The predicted octanol–water partition coefficient (Wildman–Crippen LogP) is -1.04. The minimum atomic E-state index is 0.713. The topological polar surface area (TPSA) is 74.1 Å². The Kier molecular flexibility index (Phi) is 13.7. The van der Waals surface area contributed by atoms with E-state index in [1.165, 1.54) is 0 Å². The fourth-order valence-electron chi connectivity index (χ4n) is 1.40. The molecule has 0 aliphatic heterocycles. The van der Waals surface area contributed by atoms with Crippen molar-refractivity contribution in [3.05, 3.63) is 0 Å². The first-order valence-electron chi connectivity index (χ1n) is 6.80. The van der Waals surface area contributed by atoms with Crippen molar-refractivity contribution in [3.63, 3.8) is 0 Å². The molecule has 0 unspecified atom stereocenters. The third-order valence-electron chi connectivity index (χ3n) is 2.31. The maximum absolute atomic E-state index is 5.37. The monoisotopic (exact) mass is 245 g/mol. The molecule has 0 aromatic rings. The summed E-state index contributed by atoms with van der Waals surface area (Å²) in [6.45, 7) is 13.3. The average molecular weight is 245 g/mol. The van der Waals surface area contributed by atoms with Crippen LogP contribution >= 0.6 is 0 Å². The first-order chi connectivity index (χ1) is 8.27. The van der Waals surface area contributed by atoms with Crippen LogP contribution in [-0.2, 0) is 0 Å². The van der Waals surface area contributed by atoms with E-state index in [1.807, 2.05) is 0 Å². The molecule has 0 aromatic carbocycles. The minimum absolute atomic E-state index is 0.713. The van der Waals surface area contributed by atoms with Crippen molar-refractivity contribution in [3.8, 4) is 0 Å². The van der Waals surface area contributed by atoms with Gasteiger partial charge >= 0.3 is 0 Å². The molecule has 0 amide bonds. The second-order valence-electron chi connectivity index (χ2n) is 4.64. The molecule has 0 saturated heterocycles. The first-order valence-corrected chi connectivity index (χ1v) is 6.80. The van der Waals surface area contributed by atoms with Gasteiger partial charge in [-0.05, 0) is 12.5 Å². The van der Waals surface area contributed by atoms with Crippen molar-refractivity contribution in [1.82, 2.24) is 21.3 Å². The standard InChI is InChI=1S/C12H31N5/c1-12(2)11-17-10-9-16-8-7-15-6-5-14-4-3-13/h12,14-17H,3-11,13H2,1-2H3. The normalized spacial score (nSPS) is 11.3. The minimum Gasteiger partial charge on any atom is -0.329 e. The third-order valence-corrected chi connectivity index (χ3v) is 2.31. The highest BCUT2D eigenvalue weighted by molar-refractivity contribution is 4.57. The lowest BCUT2D eigenvalue weighted by Gasteiger charge is -2.09. The highest BCUT2D eigenvalue weighted by Crippen LogP contribution is 1.85. The van der Waals surface area contributed by atoms with Gasteiger partial charge < -0.3 is 27.0 Å². The van der Waals surface area contributed by atoms with Gasteiger partial charge in [-0.2, -0.15) is 0 Å². The van der Waals surface area contributed by atoms with Crippen LogP contribution in [0.2, 0.25) is 0 Å². The van der Waals surface area contributed by atoms with Crippen molar-refractivity contribution in [2.75, 3.05) is 58.9 Å². The SMILES string of the molecule is CC(C)CNCCNCCNCCNCCN. The summed E-state index contributed by atoms with van der Waals surface area (Å²) in [5.41, 5.74) is 5.37. The molecule has 17 heavy (non-hydrogen) atoms. The van der Waals surface area contributed by atoms with Crippen molar-refractivity contribution in [1.29, 1.82) is 0 Å². The number of hydrogen-bond acceptors (Lipinski definition) is 5. The Morgan fingerprint density at radius 3 is 1.53 bits per heavy atom. The molecule has 0 heterocycles. The van der Waals surface area contributed by atoms with Crippen LogP contribution in [0.4, 0.5) is 0 Å². The fourth-order valence-corrected chi connectivity index (χ4v) is 1.40. The van der Waals surface area contributed by atoms with Crippen molar-refractivity contribution in [2.45, 2.75) is 13.8 Å². The van der Waals surface area contributed by atoms with Crippen LogP contribution in [0.3, 0.4) is 0 Å². The van der Waals surface area contributed by atoms with Gasteiger partial charge in [-0.15, -0.1) is 0 Å². The Labute approximate surface area is 106 Å². The number of nitrogens with one attached hydrogen (secondary N) is 4. The van der Waals surface area contributed by atoms with Crippen LogP contribution in [0.15, 0.2) is 0 Å². The fraction of sp³-hybridized carbons (Fsp3) is 1.00. The summed E-state index contributed by atoms with van der Waals surface area (Å²) in [7, 11) is 0. The molecule has 0 bridgehead atoms. The summed E-state index contributed by atoms with van der Waals surface area (Å²) >= 11 is 0. The zero-order valence-electron chi connectivity index (χ0n) is 11.5. The molecular weight excluding hydrogens is 214 g/mol. The molecule has 0 spiro atoms. The summed E-state index contributed by atoms with van der Waals surface area (Å²) in [5.74, 6) is 0.734. The molecule has 0 rings (SSSR count). The van der Waals surface area contributed by atoms with Crippen LogP contribution in [0.1, 0.15) is 13.8 Å². The van der Waals surface area contributed by atoms with Gasteiger partial charge in [0.1, 0.15) is 0 Å².